The maximum absolute atomic E-state index is 12.3. The standard InChI is InChI=1S/C18H20ClN3O/c19-14-6-8-15(9-7-14)21-18(23)22-17-12-20-11-10-16(17)13-4-2-1-3-5-13/h1-9,16-17,20H,10-12H2,(H2,21,22,23)/t16-,17+/m1/s1. The van der Waals surface area contributed by atoms with Gasteiger partial charge in [-0.05, 0) is 42.8 Å². The fourth-order valence-electron chi connectivity index (χ4n) is 2.98. The quantitative estimate of drug-likeness (QED) is 0.805. The van der Waals surface area contributed by atoms with Crippen molar-refractivity contribution in [3.63, 3.8) is 0 Å². The first-order chi connectivity index (χ1) is 11.2. The van der Waals surface area contributed by atoms with Crippen LogP contribution in [0.25, 0.3) is 0 Å². The Morgan fingerprint density at radius 1 is 1.09 bits per heavy atom. The zero-order chi connectivity index (χ0) is 16.1. The molecule has 5 heteroatoms. The van der Waals surface area contributed by atoms with Crippen LogP contribution in [0.2, 0.25) is 5.02 Å². The van der Waals surface area contributed by atoms with Gasteiger partial charge in [-0.3, -0.25) is 0 Å². The normalized spacial score (nSPS) is 20.7. The smallest absolute Gasteiger partial charge is 0.319 e. The van der Waals surface area contributed by atoms with Crippen molar-refractivity contribution < 1.29 is 4.79 Å². The molecule has 0 aliphatic carbocycles. The second kappa shape index (κ2) is 7.49. The Labute approximate surface area is 141 Å². The van der Waals surface area contributed by atoms with Gasteiger partial charge in [0.1, 0.15) is 0 Å². The number of rotatable bonds is 3. The molecule has 0 radical (unpaired) electrons. The molecule has 2 aromatic rings. The molecule has 2 amide bonds. The summed E-state index contributed by atoms with van der Waals surface area (Å²) >= 11 is 5.85. The van der Waals surface area contributed by atoms with Gasteiger partial charge in [0, 0.05) is 29.2 Å². The number of hydrogen-bond donors (Lipinski definition) is 3. The van der Waals surface area contributed by atoms with Crippen molar-refractivity contribution in [2.45, 2.75) is 18.4 Å². The summed E-state index contributed by atoms with van der Waals surface area (Å²) in [4.78, 5) is 12.3. The van der Waals surface area contributed by atoms with E-state index in [1.165, 1.54) is 5.56 Å². The van der Waals surface area contributed by atoms with Crippen molar-refractivity contribution in [2.24, 2.45) is 0 Å². The van der Waals surface area contributed by atoms with Gasteiger partial charge < -0.3 is 16.0 Å². The van der Waals surface area contributed by atoms with Crippen molar-refractivity contribution in [1.82, 2.24) is 10.6 Å². The van der Waals surface area contributed by atoms with Crippen molar-refractivity contribution >= 4 is 23.3 Å². The van der Waals surface area contributed by atoms with Gasteiger partial charge in [0.05, 0.1) is 0 Å². The highest BCUT2D eigenvalue weighted by atomic mass is 35.5. The molecule has 0 spiro atoms. The number of halogens is 1. The third-order valence-electron chi connectivity index (χ3n) is 4.13. The topological polar surface area (TPSA) is 53.2 Å². The van der Waals surface area contributed by atoms with E-state index in [0.29, 0.717) is 10.9 Å². The highest BCUT2D eigenvalue weighted by molar-refractivity contribution is 6.30. The average Bonchev–Trinajstić information content (AvgIpc) is 2.58. The molecule has 120 valence electrons. The summed E-state index contributed by atoms with van der Waals surface area (Å²) in [5, 5.41) is 9.94. The van der Waals surface area contributed by atoms with E-state index in [1.807, 2.05) is 18.2 Å². The summed E-state index contributed by atoms with van der Waals surface area (Å²) in [6, 6.07) is 17.3. The zero-order valence-corrected chi connectivity index (χ0v) is 13.5. The minimum absolute atomic E-state index is 0.0680. The van der Waals surface area contributed by atoms with E-state index < -0.39 is 0 Å². The van der Waals surface area contributed by atoms with E-state index in [0.717, 1.165) is 25.2 Å². The first kappa shape index (κ1) is 15.8. The molecule has 0 bridgehead atoms. The largest absolute Gasteiger partial charge is 0.333 e. The van der Waals surface area contributed by atoms with Crippen LogP contribution in [-0.2, 0) is 0 Å². The Balaban J connectivity index is 1.64. The number of piperidine rings is 1. The van der Waals surface area contributed by atoms with Crippen LogP contribution >= 0.6 is 11.6 Å². The molecular formula is C18H20ClN3O. The van der Waals surface area contributed by atoms with Gasteiger partial charge in [0.15, 0.2) is 0 Å². The summed E-state index contributed by atoms with van der Waals surface area (Å²) in [6.45, 7) is 1.74. The molecule has 1 aliphatic heterocycles. The van der Waals surface area contributed by atoms with Gasteiger partial charge >= 0.3 is 6.03 Å². The lowest BCUT2D eigenvalue weighted by Gasteiger charge is -2.33. The lowest BCUT2D eigenvalue weighted by Crippen LogP contribution is -2.51. The van der Waals surface area contributed by atoms with Crippen LogP contribution < -0.4 is 16.0 Å². The number of benzene rings is 2. The molecule has 2 atom stereocenters. The van der Waals surface area contributed by atoms with Crippen LogP contribution in [0.15, 0.2) is 54.6 Å². The summed E-state index contributed by atoms with van der Waals surface area (Å²) in [5.74, 6) is 0.327. The predicted octanol–water partition coefficient (Wildman–Crippen LogP) is 3.61. The SMILES string of the molecule is O=C(Nc1ccc(Cl)cc1)N[C@H]1CNCC[C@@H]1c1ccccc1. The molecule has 0 unspecified atom stereocenters. The van der Waals surface area contributed by atoms with Gasteiger partial charge in [-0.25, -0.2) is 4.79 Å². The summed E-state index contributed by atoms with van der Waals surface area (Å²) in [6.07, 6.45) is 1.01. The molecule has 1 fully saturated rings. The van der Waals surface area contributed by atoms with Crippen LogP contribution in [0, 0.1) is 0 Å². The molecule has 3 rings (SSSR count). The minimum Gasteiger partial charge on any atom is -0.333 e. The van der Waals surface area contributed by atoms with Crippen molar-refractivity contribution in [2.75, 3.05) is 18.4 Å². The van der Waals surface area contributed by atoms with Crippen LogP contribution in [0.5, 0.6) is 0 Å². The van der Waals surface area contributed by atoms with E-state index in [4.69, 9.17) is 11.6 Å². The number of nitrogens with one attached hydrogen (secondary N) is 3. The number of carbonyl (C=O) groups excluding carboxylic acids is 1. The Morgan fingerprint density at radius 3 is 2.57 bits per heavy atom. The van der Waals surface area contributed by atoms with Crippen molar-refractivity contribution in [1.29, 1.82) is 0 Å². The van der Waals surface area contributed by atoms with Gasteiger partial charge in [-0.1, -0.05) is 41.9 Å². The second-order valence-corrected chi connectivity index (χ2v) is 6.16. The van der Waals surface area contributed by atoms with Crippen LogP contribution in [0.3, 0.4) is 0 Å². The Morgan fingerprint density at radius 2 is 1.83 bits per heavy atom. The third-order valence-corrected chi connectivity index (χ3v) is 4.38. The molecule has 0 saturated carbocycles. The molecule has 23 heavy (non-hydrogen) atoms. The summed E-state index contributed by atoms with van der Waals surface area (Å²) in [5.41, 5.74) is 2.00. The number of urea groups is 1. The number of amides is 2. The number of hydrogen-bond acceptors (Lipinski definition) is 2. The first-order valence-corrected chi connectivity index (χ1v) is 8.19. The zero-order valence-electron chi connectivity index (χ0n) is 12.8. The van der Waals surface area contributed by atoms with E-state index in [-0.39, 0.29) is 12.1 Å². The fourth-order valence-corrected chi connectivity index (χ4v) is 3.10. The Hall–Kier alpha value is -2.04. The number of anilines is 1. The second-order valence-electron chi connectivity index (χ2n) is 5.72. The molecule has 1 aliphatic rings. The van der Waals surface area contributed by atoms with E-state index >= 15 is 0 Å². The van der Waals surface area contributed by atoms with E-state index in [9.17, 15) is 4.79 Å². The molecule has 2 aromatic carbocycles. The van der Waals surface area contributed by atoms with Crippen LogP contribution in [0.1, 0.15) is 17.9 Å². The fraction of sp³-hybridized carbons (Fsp3) is 0.278. The Kier molecular flexibility index (Phi) is 5.16. The van der Waals surface area contributed by atoms with E-state index in [2.05, 4.69) is 28.1 Å². The van der Waals surface area contributed by atoms with Crippen molar-refractivity contribution in [3.05, 3.63) is 65.2 Å². The maximum Gasteiger partial charge on any atom is 0.319 e. The Bertz CT molecular complexity index is 645. The summed E-state index contributed by atoms with van der Waals surface area (Å²) < 4.78 is 0. The lowest BCUT2D eigenvalue weighted by atomic mass is 9.86. The van der Waals surface area contributed by atoms with Gasteiger partial charge in [0.25, 0.3) is 0 Å². The van der Waals surface area contributed by atoms with Gasteiger partial charge in [-0.15, -0.1) is 0 Å². The molecular weight excluding hydrogens is 310 g/mol. The van der Waals surface area contributed by atoms with Crippen LogP contribution in [0.4, 0.5) is 10.5 Å². The molecule has 0 aromatic heterocycles. The summed E-state index contributed by atoms with van der Waals surface area (Å²) in [7, 11) is 0. The minimum atomic E-state index is -0.193. The third kappa shape index (κ3) is 4.24. The molecule has 3 N–H and O–H groups in total. The molecule has 4 nitrogen and oxygen atoms in total. The van der Waals surface area contributed by atoms with Gasteiger partial charge in [0.2, 0.25) is 0 Å². The molecule has 1 heterocycles. The van der Waals surface area contributed by atoms with Crippen molar-refractivity contribution in [3.8, 4) is 0 Å². The highest BCUT2D eigenvalue weighted by Crippen LogP contribution is 2.25. The van der Waals surface area contributed by atoms with Gasteiger partial charge in [-0.2, -0.15) is 0 Å². The van der Waals surface area contributed by atoms with E-state index in [1.54, 1.807) is 24.3 Å². The lowest BCUT2D eigenvalue weighted by molar-refractivity contribution is 0.242. The average molecular weight is 330 g/mol. The molecule has 1 saturated heterocycles. The number of carbonyl (C=O) groups is 1. The monoisotopic (exact) mass is 329 g/mol. The van der Waals surface area contributed by atoms with Crippen LogP contribution in [-0.4, -0.2) is 25.2 Å². The highest BCUT2D eigenvalue weighted by Gasteiger charge is 2.27. The predicted molar refractivity (Wildman–Crippen MR) is 94.1 cm³/mol. The maximum atomic E-state index is 12.3. The first-order valence-electron chi connectivity index (χ1n) is 7.81.